The minimum absolute atomic E-state index is 0.146. The maximum atomic E-state index is 12.7. The number of benzene rings is 3. The van der Waals surface area contributed by atoms with Crippen LogP contribution in [0.1, 0.15) is 47.9 Å². The van der Waals surface area contributed by atoms with Gasteiger partial charge in [-0.3, -0.25) is 4.79 Å². The summed E-state index contributed by atoms with van der Waals surface area (Å²) >= 11 is 0. The number of carbonyl (C=O) groups excluding carboxylic acids is 1. The third-order valence-corrected chi connectivity index (χ3v) is 6.82. The molecule has 1 aromatic heterocycles. The molecule has 0 spiro atoms. The average molecular weight is 558 g/mol. The summed E-state index contributed by atoms with van der Waals surface area (Å²) in [4.78, 5) is 17.6. The molecule has 4 rings (SSSR count). The van der Waals surface area contributed by atoms with E-state index < -0.39 is 0 Å². The van der Waals surface area contributed by atoms with Gasteiger partial charge in [0.1, 0.15) is 5.82 Å². The van der Waals surface area contributed by atoms with E-state index in [9.17, 15) is 4.79 Å². The number of amides is 1. The first kappa shape index (κ1) is 29.5. The lowest BCUT2D eigenvalue weighted by atomic mass is 10.2. The van der Waals surface area contributed by atoms with E-state index in [-0.39, 0.29) is 5.91 Å². The van der Waals surface area contributed by atoms with Gasteiger partial charge >= 0.3 is 0 Å². The number of para-hydroxylation sites is 2. The number of nitrogens with one attached hydrogen (secondary N) is 1. The van der Waals surface area contributed by atoms with E-state index in [1.165, 1.54) is 0 Å². The fourth-order valence-corrected chi connectivity index (χ4v) is 4.75. The maximum absolute atomic E-state index is 12.7. The summed E-state index contributed by atoms with van der Waals surface area (Å²) < 4.78 is 24.4. The second-order valence-electron chi connectivity index (χ2n) is 9.56. The van der Waals surface area contributed by atoms with Crippen molar-refractivity contribution < 1.29 is 23.7 Å². The fraction of sp³-hybridized carbons (Fsp3) is 0.333. The van der Waals surface area contributed by atoms with E-state index in [0.717, 1.165) is 66.1 Å². The van der Waals surface area contributed by atoms with E-state index in [4.69, 9.17) is 23.9 Å². The van der Waals surface area contributed by atoms with Crippen LogP contribution in [-0.2, 0) is 13.0 Å². The Morgan fingerprint density at radius 1 is 0.878 bits per heavy atom. The number of carbonyl (C=O) groups is 1. The molecule has 0 radical (unpaired) electrons. The second-order valence-corrected chi connectivity index (χ2v) is 9.56. The molecule has 1 heterocycles. The van der Waals surface area contributed by atoms with Crippen LogP contribution in [0.5, 0.6) is 23.0 Å². The first-order chi connectivity index (χ1) is 20.1. The Bertz CT molecular complexity index is 1480. The molecular weight excluding hydrogens is 518 g/mol. The van der Waals surface area contributed by atoms with Crippen molar-refractivity contribution in [2.45, 2.75) is 39.2 Å². The first-order valence-corrected chi connectivity index (χ1v) is 14.0. The van der Waals surface area contributed by atoms with E-state index >= 15 is 0 Å². The van der Waals surface area contributed by atoms with Crippen LogP contribution < -0.4 is 24.3 Å². The number of rotatable bonds is 15. The van der Waals surface area contributed by atoms with Gasteiger partial charge < -0.3 is 28.8 Å². The molecule has 8 heteroatoms. The van der Waals surface area contributed by atoms with Crippen molar-refractivity contribution in [3.63, 3.8) is 0 Å². The van der Waals surface area contributed by atoms with Gasteiger partial charge in [-0.25, -0.2) is 4.98 Å². The summed E-state index contributed by atoms with van der Waals surface area (Å²) in [5.41, 5.74) is 3.72. The van der Waals surface area contributed by atoms with Gasteiger partial charge in [0.15, 0.2) is 23.0 Å². The van der Waals surface area contributed by atoms with Crippen LogP contribution in [-0.4, -0.2) is 49.9 Å². The molecule has 0 atom stereocenters. The SMILES string of the molecule is C/C=C/c1ccc(OCCCCn2c(CCCNC(=O)c3ccc(OC)c(OC)c3)nc3ccccc32)c(OC)c1. The molecule has 0 aliphatic heterocycles. The van der Waals surface area contributed by atoms with Crippen molar-refractivity contribution >= 4 is 23.0 Å². The highest BCUT2D eigenvalue weighted by molar-refractivity contribution is 5.94. The summed E-state index contributed by atoms with van der Waals surface area (Å²) in [6.45, 7) is 3.97. The van der Waals surface area contributed by atoms with Crippen LogP contribution in [0.4, 0.5) is 0 Å². The van der Waals surface area contributed by atoms with Crippen LogP contribution in [0.25, 0.3) is 17.1 Å². The number of unbranched alkanes of at least 4 members (excludes halogenated alkanes) is 1. The number of nitrogens with zero attached hydrogens (tertiary/aromatic N) is 2. The molecule has 4 aromatic rings. The number of aryl methyl sites for hydroxylation is 2. The highest BCUT2D eigenvalue weighted by Gasteiger charge is 2.13. The third kappa shape index (κ3) is 7.60. The van der Waals surface area contributed by atoms with Gasteiger partial charge in [0.25, 0.3) is 5.91 Å². The van der Waals surface area contributed by atoms with Gasteiger partial charge in [0, 0.05) is 25.1 Å². The first-order valence-electron chi connectivity index (χ1n) is 14.0. The van der Waals surface area contributed by atoms with Crippen LogP contribution in [0.2, 0.25) is 0 Å². The van der Waals surface area contributed by atoms with Gasteiger partial charge in [-0.05, 0) is 74.2 Å². The van der Waals surface area contributed by atoms with Crippen molar-refractivity contribution in [2.75, 3.05) is 34.5 Å². The molecule has 216 valence electrons. The summed E-state index contributed by atoms with van der Waals surface area (Å²) in [5, 5.41) is 3.00. The van der Waals surface area contributed by atoms with Gasteiger partial charge in [0.2, 0.25) is 0 Å². The number of ether oxygens (including phenoxy) is 4. The van der Waals surface area contributed by atoms with Crippen LogP contribution in [0.15, 0.2) is 66.7 Å². The summed E-state index contributed by atoms with van der Waals surface area (Å²) in [5.74, 6) is 3.49. The van der Waals surface area contributed by atoms with Gasteiger partial charge in [0.05, 0.1) is 39.0 Å². The number of imidazole rings is 1. The predicted octanol–water partition coefficient (Wildman–Crippen LogP) is 6.32. The Kier molecular flexibility index (Phi) is 10.7. The minimum atomic E-state index is -0.146. The lowest BCUT2D eigenvalue weighted by Crippen LogP contribution is -2.25. The molecule has 0 fully saturated rings. The summed E-state index contributed by atoms with van der Waals surface area (Å²) in [6.07, 6.45) is 7.41. The summed E-state index contributed by atoms with van der Waals surface area (Å²) in [7, 11) is 4.79. The van der Waals surface area contributed by atoms with E-state index in [1.54, 1.807) is 39.5 Å². The van der Waals surface area contributed by atoms with Crippen molar-refractivity contribution in [3.05, 3.63) is 83.7 Å². The normalized spacial score (nSPS) is 11.1. The Balaban J connectivity index is 1.30. The number of hydrogen-bond donors (Lipinski definition) is 1. The molecule has 0 saturated heterocycles. The van der Waals surface area contributed by atoms with Crippen molar-refractivity contribution in [2.24, 2.45) is 0 Å². The smallest absolute Gasteiger partial charge is 0.251 e. The van der Waals surface area contributed by atoms with Crippen LogP contribution >= 0.6 is 0 Å². The lowest BCUT2D eigenvalue weighted by Gasteiger charge is -2.13. The van der Waals surface area contributed by atoms with Crippen molar-refractivity contribution in [1.29, 1.82) is 0 Å². The summed E-state index contributed by atoms with van der Waals surface area (Å²) in [6, 6.07) is 19.3. The molecular formula is C33H39N3O5. The third-order valence-electron chi connectivity index (χ3n) is 6.82. The van der Waals surface area contributed by atoms with Gasteiger partial charge in [-0.2, -0.15) is 0 Å². The van der Waals surface area contributed by atoms with Crippen LogP contribution in [0, 0.1) is 0 Å². The number of hydrogen-bond acceptors (Lipinski definition) is 6. The molecule has 0 unspecified atom stereocenters. The quantitative estimate of drug-likeness (QED) is 0.172. The average Bonchev–Trinajstić information content (AvgIpc) is 3.36. The van der Waals surface area contributed by atoms with Gasteiger partial charge in [-0.15, -0.1) is 0 Å². The fourth-order valence-electron chi connectivity index (χ4n) is 4.75. The Morgan fingerprint density at radius 2 is 1.63 bits per heavy atom. The van der Waals surface area contributed by atoms with Crippen molar-refractivity contribution in [3.8, 4) is 23.0 Å². The molecule has 1 amide bonds. The van der Waals surface area contributed by atoms with Crippen molar-refractivity contribution in [1.82, 2.24) is 14.9 Å². The number of aromatic nitrogens is 2. The Morgan fingerprint density at radius 3 is 2.41 bits per heavy atom. The standard InChI is InChI=1S/C33H39N3O5/c1-5-11-24-15-17-29(30(22-24)39-3)41-21-9-8-20-36-27-13-7-6-12-26(27)35-32(36)14-10-19-34-33(37)25-16-18-28(38-2)31(23-25)40-4/h5-7,11-13,15-18,22-23H,8-10,14,19-21H2,1-4H3,(H,34,37)/b11-5+. The largest absolute Gasteiger partial charge is 0.493 e. The molecule has 0 aliphatic carbocycles. The maximum Gasteiger partial charge on any atom is 0.251 e. The number of methoxy groups -OCH3 is 3. The number of fused-ring (bicyclic) bond motifs is 1. The molecule has 0 saturated carbocycles. The number of allylic oxidation sites excluding steroid dienone is 1. The highest BCUT2D eigenvalue weighted by atomic mass is 16.5. The zero-order valence-corrected chi connectivity index (χ0v) is 24.3. The zero-order chi connectivity index (χ0) is 29.0. The minimum Gasteiger partial charge on any atom is -0.493 e. The molecule has 3 aromatic carbocycles. The van der Waals surface area contributed by atoms with Gasteiger partial charge in [-0.1, -0.05) is 30.4 Å². The lowest BCUT2D eigenvalue weighted by molar-refractivity contribution is 0.0952. The second kappa shape index (κ2) is 14.8. The topological polar surface area (TPSA) is 83.8 Å². The monoisotopic (exact) mass is 557 g/mol. The molecule has 1 N–H and O–H groups in total. The molecule has 8 nitrogen and oxygen atoms in total. The zero-order valence-electron chi connectivity index (χ0n) is 24.3. The Hall–Kier alpha value is -4.46. The molecule has 0 aliphatic rings. The molecule has 0 bridgehead atoms. The van der Waals surface area contributed by atoms with E-state index in [1.807, 2.05) is 55.5 Å². The Labute approximate surface area is 241 Å². The van der Waals surface area contributed by atoms with Crippen LogP contribution in [0.3, 0.4) is 0 Å². The highest BCUT2D eigenvalue weighted by Crippen LogP contribution is 2.29. The molecule has 41 heavy (non-hydrogen) atoms. The van der Waals surface area contributed by atoms with E-state index in [0.29, 0.717) is 30.2 Å². The predicted molar refractivity (Wildman–Crippen MR) is 162 cm³/mol. The van der Waals surface area contributed by atoms with E-state index in [2.05, 4.69) is 16.0 Å².